The third-order valence-corrected chi connectivity index (χ3v) is 5.04. The van der Waals surface area contributed by atoms with E-state index in [9.17, 15) is 14.3 Å². The number of hydrogen-bond acceptors (Lipinski definition) is 9. The van der Waals surface area contributed by atoms with E-state index in [1.165, 1.54) is 43.6 Å². The number of nitrogens with zero attached hydrogens (tertiary/aromatic N) is 6. The lowest BCUT2D eigenvalue weighted by atomic mass is 10.0. The first-order valence-electron chi connectivity index (χ1n) is 10.3. The Hall–Kier alpha value is -4.37. The molecule has 11 nitrogen and oxygen atoms in total. The number of pyridine rings is 2. The summed E-state index contributed by atoms with van der Waals surface area (Å²) in [6, 6.07) is 5.29. The van der Waals surface area contributed by atoms with Gasteiger partial charge in [-0.25, -0.2) is 19.3 Å². The Labute approximate surface area is 193 Å². The highest BCUT2D eigenvalue weighted by Crippen LogP contribution is 2.22. The average molecular weight is 464 g/mol. The lowest BCUT2D eigenvalue weighted by Crippen LogP contribution is -2.42. The molecule has 0 fully saturated rings. The molecule has 0 aliphatic carbocycles. The molecule has 0 saturated carbocycles. The van der Waals surface area contributed by atoms with Gasteiger partial charge in [-0.05, 0) is 19.9 Å². The van der Waals surface area contributed by atoms with Crippen LogP contribution in [0.2, 0.25) is 0 Å². The largest absolute Gasteiger partial charge is 0.451 e. The number of oxazole rings is 1. The van der Waals surface area contributed by atoms with E-state index in [4.69, 9.17) is 9.68 Å². The highest BCUT2D eigenvalue weighted by Gasteiger charge is 2.27. The molecular weight excluding hydrogens is 443 g/mol. The van der Waals surface area contributed by atoms with Crippen molar-refractivity contribution in [2.75, 3.05) is 11.9 Å². The van der Waals surface area contributed by atoms with Gasteiger partial charge in [0.05, 0.1) is 47.4 Å². The molecule has 0 aromatic carbocycles. The number of nitriles is 1. The van der Waals surface area contributed by atoms with Crippen molar-refractivity contribution >= 4 is 22.6 Å². The van der Waals surface area contributed by atoms with Crippen LogP contribution >= 0.6 is 0 Å². The fraction of sp³-hybridized carbons (Fsp3) is 0.273. The van der Waals surface area contributed by atoms with Crippen LogP contribution in [0.25, 0.3) is 16.9 Å². The quantitative estimate of drug-likeness (QED) is 0.355. The number of carbonyl (C=O) groups excluding carboxylic acids is 1. The zero-order valence-corrected chi connectivity index (χ0v) is 18.4. The van der Waals surface area contributed by atoms with Crippen LogP contribution in [-0.2, 0) is 6.54 Å². The molecule has 1 amide bonds. The summed E-state index contributed by atoms with van der Waals surface area (Å²) in [6.07, 6.45) is 5.43. The number of aliphatic hydroxyl groups is 1. The van der Waals surface area contributed by atoms with Crippen molar-refractivity contribution in [3.05, 3.63) is 60.2 Å². The number of fused-ring (bicyclic) bond motifs is 1. The van der Waals surface area contributed by atoms with Crippen LogP contribution < -0.4 is 10.6 Å². The summed E-state index contributed by atoms with van der Waals surface area (Å²) in [5, 5.41) is 29.4. The second-order valence-electron chi connectivity index (χ2n) is 8.06. The van der Waals surface area contributed by atoms with Gasteiger partial charge in [0.25, 0.3) is 5.91 Å². The number of hydrogen-bond donors (Lipinski definition) is 3. The lowest BCUT2D eigenvalue weighted by Gasteiger charge is -2.22. The maximum Gasteiger partial charge on any atom is 0.255 e. The highest BCUT2D eigenvalue weighted by atomic mass is 19.1. The van der Waals surface area contributed by atoms with E-state index in [0.29, 0.717) is 33.8 Å². The second kappa shape index (κ2) is 9.24. The Balaban J connectivity index is 1.65. The molecule has 0 aliphatic heterocycles. The molecule has 3 N–H and O–H groups in total. The van der Waals surface area contributed by atoms with E-state index in [1.54, 1.807) is 18.3 Å². The molecule has 1 atom stereocenters. The topological polar surface area (TPSA) is 155 Å². The van der Waals surface area contributed by atoms with Gasteiger partial charge >= 0.3 is 0 Å². The molecule has 12 heteroatoms. The SMILES string of the molecule is CC(C)(O)[C@H](F)CNC(=O)c1cnc(-n2ncc3cc(C#N)cnc32)cc1NCc1cocn1. The van der Waals surface area contributed by atoms with E-state index >= 15 is 0 Å². The van der Waals surface area contributed by atoms with Crippen molar-refractivity contribution in [3.63, 3.8) is 0 Å². The van der Waals surface area contributed by atoms with Crippen LogP contribution in [-0.4, -0.2) is 54.1 Å². The van der Waals surface area contributed by atoms with E-state index in [2.05, 4.69) is 30.7 Å². The molecule has 4 rings (SSSR count). The van der Waals surface area contributed by atoms with Crippen molar-refractivity contribution in [3.8, 4) is 11.9 Å². The van der Waals surface area contributed by atoms with Gasteiger partial charge in [0.2, 0.25) is 0 Å². The maximum atomic E-state index is 14.1. The van der Waals surface area contributed by atoms with Crippen molar-refractivity contribution in [2.45, 2.75) is 32.2 Å². The number of halogens is 1. The molecule has 4 aromatic heterocycles. The van der Waals surface area contributed by atoms with E-state index in [0.717, 1.165) is 0 Å². The fourth-order valence-corrected chi connectivity index (χ4v) is 3.08. The zero-order chi connectivity index (χ0) is 24.3. The van der Waals surface area contributed by atoms with Crippen LogP contribution in [0.4, 0.5) is 10.1 Å². The predicted molar refractivity (Wildman–Crippen MR) is 119 cm³/mol. The van der Waals surface area contributed by atoms with Gasteiger partial charge < -0.3 is 20.2 Å². The van der Waals surface area contributed by atoms with Gasteiger partial charge in [0, 0.05) is 23.8 Å². The van der Waals surface area contributed by atoms with Gasteiger partial charge in [-0.15, -0.1) is 0 Å². The van der Waals surface area contributed by atoms with Crippen molar-refractivity contribution < 1.29 is 18.7 Å². The normalized spacial score (nSPS) is 12.3. The Bertz CT molecular complexity index is 1350. The monoisotopic (exact) mass is 464 g/mol. The Morgan fingerprint density at radius 2 is 2.12 bits per heavy atom. The maximum absolute atomic E-state index is 14.1. The number of nitrogens with one attached hydrogen (secondary N) is 2. The molecule has 0 radical (unpaired) electrons. The average Bonchev–Trinajstić information content (AvgIpc) is 3.49. The van der Waals surface area contributed by atoms with Crippen LogP contribution in [0.5, 0.6) is 0 Å². The first-order valence-corrected chi connectivity index (χ1v) is 10.3. The summed E-state index contributed by atoms with van der Waals surface area (Å²) in [6.45, 7) is 2.53. The van der Waals surface area contributed by atoms with Gasteiger partial charge in [-0.2, -0.15) is 15.0 Å². The lowest BCUT2D eigenvalue weighted by molar-refractivity contribution is -0.00177. The molecule has 0 aliphatic rings. The summed E-state index contributed by atoms with van der Waals surface area (Å²) in [4.78, 5) is 25.5. The molecule has 4 heterocycles. The fourth-order valence-electron chi connectivity index (χ4n) is 3.08. The molecule has 174 valence electrons. The molecule has 0 spiro atoms. The van der Waals surface area contributed by atoms with Gasteiger partial charge in [-0.1, -0.05) is 0 Å². The van der Waals surface area contributed by atoms with Crippen molar-refractivity contribution in [2.24, 2.45) is 0 Å². The summed E-state index contributed by atoms with van der Waals surface area (Å²) in [5.74, 6) is -0.206. The standard InChI is InChI=1S/C22H21FN8O3/c1-22(2,33)18(23)10-28-21(32)16-9-26-19(4-17(16)25-8-15-11-34-12-29-15)31-20-14(7-30-31)3-13(5-24)6-27-20/h3-4,6-7,9,11-12,18,33H,8,10H2,1-2H3,(H,25,26)(H,28,32)/t18-/m1/s1. The smallest absolute Gasteiger partial charge is 0.255 e. The second-order valence-corrected chi connectivity index (χ2v) is 8.06. The summed E-state index contributed by atoms with van der Waals surface area (Å²) >= 11 is 0. The van der Waals surface area contributed by atoms with E-state index in [-0.39, 0.29) is 18.7 Å². The van der Waals surface area contributed by atoms with Crippen LogP contribution in [0, 0.1) is 11.3 Å². The minimum atomic E-state index is -1.66. The summed E-state index contributed by atoms with van der Waals surface area (Å²) in [7, 11) is 0. The van der Waals surface area contributed by atoms with E-state index in [1.807, 2.05) is 6.07 Å². The van der Waals surface area contributed by atoms with Gasteiger partial charge in [0.1, 0.15) is 18.5 Å². The van der Waals surface area contributed by atoms with Gasteiger partial charge in [-0.3, -0.25) is 4.79 Å². The van der Waals surface area contributed by atoms with E-state index < -0.39 is 17.7 Å². The molecule has 34 heavy (non-hydrogen) atoms. The molecule has 0 unspecified atom stereocenters. The van der Waals surface area contributed by atoms with Crippen molar-refractivity contribution in [1.29, 1.82) is 5.26 Å². The number of amides is 1. The number of rotatable bonds is 8. The number of anilines is 1. The Morgan fingerprint density at radius 1 is 1.29 bits per heavy atom. The first-order chi connectivity index (χ1) is 16.3. The number of carbonyl (C=O) groups is 1. The first kappa shape index (κ1) is 22.8. The summed E-state index contributed by atoms with van der Waals surface area (Å²) < 4.78 is 20.6. The number of aromatic nitrogens is 5. The van der Waals surface area contributed by atoms with Crippen LogP contribution in [0.1, 0.15) is 35.5 Å². The minimum Gasteiger partial charge on any atom is -0.451 e. The Kier molecular flexibility index (Phi) is 6.20. The van der Waals surface area contributed by atoms with Crippen LogP contribution in [0.3, 0.4) is 0 Å². The summed E-state index contributed by atoms with van der Waals surface area (Å²) in [5.41, 5.74) is 0.442. The zero-order valence-electron chi connectivity index (χ0n) is 18.4. The highest BCUT2D eigenvalue weighted by molar-refractivity contribution is 5.99. The molecular formula is C22H21FN8O3. The molecule has 0 saturated heterocycles. The third kappa shape index (κ3) is 4.84. The van der Waals surface area contributed by atoms with Crippen molar-refractivity contribution in [1.82, 2.24) is 30.0 Å². The minimum absolute atomic E-state index is 0.159. The van der Waals surface area contributed by atoms with Gasteiger partial charge in [0.15, 0.2) is 17.9 Å². The molecule has 4 aromatic rings. The molecule has 0 bridgehead atoms. The number of alkyl halides is 1. The Morgan fingerprint density at radius 3 is 2.82 bits per heavy atom. The third-order valence-electron chi connectivity index (χ3n) is 5.04. The van der Waals surface area contributed by atoms with Crippen LogP contribution in [0.15, 0.2) is 47.8 Å². The predicted octanol–water partition coefficient (Wildman–Crippen LogP) is 2.13.